The molecular formula is C21H23ClN4O. The normalized spacial score (nSPS) is 12.1. The van der Waals surface area contributed by atoms with Gasteiger partial charge < -0.3 is 10.6 Å². The van der Waals surface area contributed by atoms with Gasteiger partial charge in [-0.2, -0.15) is 4.98 Å². The predicted molar refractivity (Wildman–Crippen MR) is 114 cm³/mol. The van der Waals surface area contributed by atoms with Crippen LogP contribution in [0.1, 0.15) is 16.7 Å². The summed E-state index contributed by atoms with van der Waals surface area (Å²) in [6.45, 7) is 7.52. The fourth-order valence-electron chi connectivity index (χ4n) is 3.68. The van der Waals surface area contributed by atoms with Crippen molar-refractivity contribution in [2.75, 3.05) is 17.2 Å². The van der Waals surface area contributed by atoms with Crippen LogP contribution in [0.4, 0.5) is 17.2 Å². The van der Waals surface area contributed by atoms with Gasteiger partial charge in [-0.15, -0.1) is 12.4 Å². The SMILES string of the molecule is Cc1cc(C)c(Nc2cc3n(c(=O)n2)CCNc2ccccc2-3)c(C)c1.Cl. The number of nitrogens with zero attached hydrogens (tertiary/aromatic N) is 2. The minimum atomic E-state index is -0.231. The number of nitrogens with one attached hydrogen (secondary N) is 2. The number of anilines is 3. The van der Waals surface area contributed by atoms with Crippen LogP contribution in [-0.2, 0) is 6.54 Å². The topological polar surface area (TPSA) is 59.0 Å². The summed E-state index contributed by atoms with van der Waals surface area (Å²) in [4.78, 5) is 16.9. The highest BCUT2D eigenvalue weighted by atomic mass is 35.5. The lowest BCUT2D eigenvalue weighted by Gasteiger charge is -2.16. The molecular weight excluding hydrogens is 360 g/mol. The van der Waals surface area contributed by atoms with Gasteiger partial charge in [0.2, 0.25) is 0 Å². The highest BCUT2D eigenvalue weighted by Crippen LogP contribution is 2.31. The molecule has 2 aromatic carbocycles. The number of benzene rings is 2. The summed E-state index contributed by atoms with van der Waals surface area (Å²) in [7, 11) is 0. The third-order valence-corrected chi connectivity index (χ3v) is 4.80. The minimum Gasteiger partial charge on any atom is -0.383 e. The zero-order valence-corrected chi connectivity index (χ0v) is 16.5. The molecule has 0 fully saturated rings. The Morgan fingerprint density at radius 1 is 1.07 bits per heavy atom. The quantitative estimate of drug-likeness (QED) is 0.688. The number of para-hydroxylation sites is 1. The average molecular weight is 383 g/mol. The second-order valence-electron chi connectivity index (χ2n) is 6.83. The van der Waals surface area contributed by atoms with Crippen molar-refractivity contribution in [3.05, 3.63) is 69.6 Å². The van der Waals surface area contributed by atoms with Crippen molar-refractivity contribution >= 4 is 29.6 Å². The number of rotatable bonds is 2. The van der Waals surface area contributed by atoms with Gasteiger partial charge in [-0.3, -0.25) is 4.57 Å². The summed E-state index contributed by atoms with van der Waals surface area (Å²) >= 11 is 0. The highest BCUT2D eigenvalue weighted by Gasteiger charge is 2.17. The van der Waals surface area contributed by atoms with Crippen LogP contribution in [0.25, 0.3) is 11.3 Å². The van der Waals surface area contributed by atoms with Gasteiger partial charge in [0.15, 0.2) is 0 Å². The highest BCUT2D eigenvalue weighted by molar-refractivity contribution is 5.85. The molecule has 3 aromatic rings. The maximum Gasteiger partial charge on any atom is 0.350 e. The first-order valence-corrected chi connectivity index (χ1v) is 8.83. The molecule has 0 aliphatic carbocycles. The Labute approximate surface area is 164 Å². The Hall–Kier alpha value is -2.79. The van der Waals surface area contributed by atoms with Crippen LogP contribution in [-0.4, -0.2) is 16.1 Å². The molecule has 2 heterocycles. The van der Waals surface area contributed by atoms with Crippen LogP contribution in [0.3, 0.4) is 0 Å². The van der Waals surface area contributed by atoms with Gasteiger partial charge in [-0.05, 0) is 38.0 Å². The summed E-state index contributed by atoms with van der Waals surface area (Å²) in [5, 5.41) is 6.75. The fraction of sp³-hybridized carbons (Fsp3) is 0.238. The molecule has 1 aliphatic heterocycles. The van der Waals surface area contributed by atoms with E-state index in [4.69, 9.17) is 0 Å². The maximum atomic E-state index is 12.6. The van der Waals surface area contributed by atoms with Crippen molar-refractivity contribution in [1.82, 2.24) is 9.55 Å². The molecule has 6 heteroatoms. The van der Waals surface area contributed by atoms with E-state index >= 15 is 0 Å². The van der Waals surface area contributed by atoms with E-state index in [2.05, 4.69) is 48.5 Å². The number of halogens is 1. The molecule has 0 spiro atoms. The van der Waals surface area contributed by atoms with Gasteiger partial charge in [-0.1, -0.05) is 35.9 Å². The zero-order chi connectivity index (χ0) is 18.3. The summed E-state index contributed by atoms with van der Waals surface area (Å²) in [6.07, 6.45) is 0. The molecule has 5 nitrogen and oxygen atoms in total. The number of aromatic nitrogens is 2. The summed E-state index contributed by atoms with van der Waals surface area (Å²) in [6, 6.07) is 14.3. The minimum absolute atomic E-state index is 0. The first kappa shape index (κ1) is 19.0. The Kier molecular flexibility index (Phi) is 5.24. The monoisotopic (exact) mass is 382 g/mol. The van der Waals surface area contributed by atoms with E-state index < -0.39 is 0 Å². The summed E-state index contributed by atoms with van der Waals surface area (Å²) < 4.78 is 1.73. The second kappa shape index (κ2) is 7.45. The van der Waals surface area contributed by atoms with Gasteiger partial charge in [0.25, 0.3) is 0 Å². The van der Waals surface area contributed by atoms with E-state index in [9.17, 15) is 4.79 Å². The van der Waals surface area contributed by atoms with E-state index in [0.717, 1.165) is 33.8 Å². The molecule has 1 aliphatic rings. The van der Waals surface area contributed by atoms with Crippen molar-refractivity contribution in [2.24, 2.45) is 0 Å². The summed E-state index contributed by atoms with van der Waals surface area (Å²) in [5.41, 5.74) is 7.22. The average Bonchev–Trinajstić information content (AvgIpc) is 2.78. The third kappa shape index (κ3) is 3.55. The number of fused-ring (bicyclic) bond motifs is 3. The van der Waals surface area contributed by atoms with Gasteiger partial charge in [-0.25, -0.2) is 4.79 Å². The third-order valence-electron chi connectivity index (χ3n) is 4.80. The van der Waals surface area contributed by atoms with Gasteiger partial charge in [0.1, 0.15) is 5.82 Å². The van der Waals surface area contributed by atoms with Crippen LogP contribution in [0, 0.1) is 20.8 Å². The molecule has 0 saturated heterocycles. The largest absolute Gasteiger partial charge is 0.383 e. The maximum absolute atomic E-state index is 12.6. The number of hydrogen-bond acceptors (Lipinski definition) is 4. The van der Waals surface area contributed by atoms with Crippen LogP contribution in [0.2, 0.25) is 0 Å². The molecule has 27 heavy (non-hydrogen) atoms. The first-order chi connectivity index (χ1) is 12.5. The van der Waals surface area contributed by atoms with E-state index in [0.29, 0.717) is 18.9 Å². The smallest absolute Gasteiger partial charge is 0.350 e. The van der Waals surface area contributed by atoms with Gasteiger partial charge >= 0.3 is 5.69 Å². The molecule has 0 bridgehead atoms. The molecule has 0 saturated carbocycles. The summed E-state index contributed by atoms with van der Waals surface area (Å²) in [5.74, 6) is 0.577. The lowest BCUT2D eigenvalue weighted by molar-refractivity contribution is 0.690. The van der Waals surface area contributed by atoms with Crippen LogP contribution in [0.5, 0.6) is 0 Å². The van der Waals surface area contributed by atoms with Crippen molar-refractivity contribution in [1.29, 1.82) is 0 Å². The lowest BCUT2D eigenvalue weighted by atomic mass is 10.0. The lowest BCUT2D eigenvalue weighted by Crippen LogP contribution is -2.26. The van der Waals surface area contributed by atoms with Crippen molar-refractivity contribution < 1.29 is 0 Å². The molecule has 0 amide bonds. The Bertz CT molecular complexity index is 1040. The second-order valence-corrected chi connectivity index (χ2v) is 6.83. The zero-order valence-electron chi connectivity index (χ0n) is 15.7. The van der Waals surface area contributed by atoms with E-state index in [-0.39, 0.29) is 18.1 Å². The van der Waals surface area contributed by atoms with Gasteiger partial charge in [0, 0.05) is 36.1 Å². The van der Waals surface area contributed by atoms with Crippen molar-refractivity contribution in [3.8, 4) is 11.3 Å². The molecule has 0 radical (unpaired) electrons. The Balaban J connectivity index is 0.00000210. The van der Waals surface area contributed by atoms with Crippen LogP contribution in [0.15, 0.2) is 47.3 Å². The predicted octanol–water partition coefficient (Wildman–Crippen LogP) is 4.43. The van der Waals surface area contributed by atoms with Crippen LogP contribution < -0.4 is 16.3 Å². The van der Waals surface area contributed by atoms with Gasteiger partial charge in [0.05, 0.1) is 5.69 Å². The fourth-order valence-corrected chi connectivity index (χ4v) is 3.68. The standard InChI is InChI=1S/C21H22N4O.ClH/c1-13-10-14(2)20(15(3)11-13)23-19-12-18-16-6-4-5-7-17(16)22-8-9-25(18)21(26)24-19;/h4-7,10-12,22H,8-9H2,1-3H3,(H,23,24,26);1H. The molecule has 2 N–H and O–H groups in total. The van der Waals surface area contributed by atoms with Crippen LogP contribution >= 0.6 is 12.4 Å². The van der Waals surface area contributed by atoms with E-state index in [1.165, 1.54) is 5.56 Å². The number of aryl methyl sites for hydroxylation is 3. The Morgan fingerprint density at radius 3 is 2.52 bits per heavy atom. The molecule has 4 rings (SSSR count). The first-order valence-electron chi connectivity index (χ1n) is 8.83. The van der Waals surface area contributed by atoms with E-state index in [1.807, 2.05) is 30.3 Å². The Morgan fingerprint density at radius 2 is 1.78 bits per heavy atom. The molecule has 0 atom stereocenters. The van der Waals surface area contributed by atoms with E-state index in [1.54, 1.807) is 4.57 Å². The molecule has 1 aromatic heterocycles. The molecule has 140 valence electrons. The number of hydrogen-bond donors (Lipinski definition) is 2. The van der Waals surface area contributed by atoms with Crippen molar-refractivity contribution in [2.45, 2.75) is 27.3 Å². The van der Waals surface area contributed by atoms with Crippen molar-refractivity contribution in [3.63, 3.8) is 0 Å². The molecule has 0 unspecified atom stereocenters.